The highest BCUT2D eigenvalue weighted by molar-refractivity contribution is 5.70. The summed E-state index contributed by atoms with van der Waals surface area (Å²) in [6, 6.07) is 1.31. The molecular formula is C8H5F2NO4. The lowest BCUT2D eigenvalue weighted by atomic mass is 10.1. The molecule has 0 saturated heterocycles. The average Bonchev–Trinajstić information content (AvgIpc) is 2.11. The average molecular weight is 217 g/mol. The molecule has 0 saturated carbocycles. The molecule has 80 valence electrons. The molecule has 15 heavy (non-hydrogen) atoms. The van der Waals surface area contributed by atoms with Crippen molar-refractivity contribution >= 4 is 11.7 Å². The lowest BCUT2D eigenvalue weighted by Gasteiger charge is -2.01. The second kappa shape index (κ2) is 3.99. The van der Waals surface area contributed by atoms with Crippen LogP contribution in [0.1, 0.15) is 5.56 Å². The number of hydrogen-bond acceptors (Lipinski definition) is 3. The first-order chi connectivity index (χ1) is 6.93. The van der Waals surface area contributed by atoms with Crippen LogP contribution in [0.4, 0.5) is 14.5 Å². The molecule has 0 atom stereocenters. The molecule has 1 N–H and O–H groups in total. The normalized spacial score (nSPS) is 10.0. The summed E-state index contributed by atoms with van der Waals surface area (Å²) in [7, 11) is 0. The summed E-state index contributed by atoms with van der Waals surface area (Å²) in [4.78, 5) is 19.5. The monoisotopic (exact) mass is 217 g/mol. The molecule has 0 radical (unpaired) electrons. The molecule has 7 heteroatoms. The third-order valence-electron chi connectivity index (χ3n) is 1.69. The van der Waals surface area contributed by atoms with Crippen LogP contribution in [0, 0.1) is 21.7 Å². The quantitative estimate of drug-likeness (QED) is 0.614. The number of benzene rings is 1. The predicted octanol–water partition coefficient (Wildman–Crippen LogP) is 1.50. The number of aliphatic carboxylic acids is 1. The maximum absolute atomic E-state index is 13.2. The standard InChI is InChI=1S/C8H5F2NO4/c9-5-1-2-6(11(14)15)8(10)4(5)3-7(12)13/h1-2H,3H2,(H,12,13). The Hall–Kier alpha value is -2.05. The Morgan fingerprint density at radius 3 is 2.53 bits per heavy atom. The Labute approximate surface area is 82.1 Å². The molecule has 0 aliphatic heterocycles. The van der Waals surface area contributed by atoms with Gasteiger partial charge in [-0.1, -0.05) is 0 Å². The summed E-state index contributed by atoms with van der Waals surface area (Å²) in [6.07, 6.45) is -0.931. The fourth-order valence-electron chi connectivity index (χ4n) is 1.04. The maximum Gasteiger partial charge on any atom is 0.308 e. The van der Waals surface area contributed by atoms with Crippen LogP contribution in [-0.4, -0.2) is 16.0 Å². The van der Waals surface area contributed by atoms with Crippen LogP contribution in [0.2, 0.25) is 0 Å². The van der Waals surface area contributed by atoms with E-state index in [9.17, 15) is 23.7 Å². The molecule has 1 rings (SSSR count). The molecule has 0 aliphatic rings. The van der Waals surface area contributed by atoms with E-state index in [2.05, 4.69) is 0 Å². The summed E-state index contributed by atoms with van der Waals surface area (Å²) in [5.41, 5.74) is -1.75. The van der Waals surface area contributed by atoms with Crippen LogP contribution >= 0.6 is 0 Å². The first-order valence-corrected chi connectivity index (χ1v) is 3.76. The fraction of sp³-hybridized carbons (Fsp3) is 0.125. The van der Waals surface area contributed by atoms with E-state index in [4.69, 9.17) is 5.11 Å². The van der Waals surface area contributed by atoms with E-state index in [1.54, 1.807) is 0 Å². The third kappa shape index (κ3) is 2.25. The van der Waals surface area contributed by atoms with Crippen molar-refractivity contribution in [2.45, 2.75) is 6.42 Å². The Morgan fingerprint density at radius 2 is 2.07 bits per heavy atom. The van der Waals surface area contributed by atoms with Gasteiger partial charge in [-0.3, -0.25) is 14.9 Å². The first-order valence-electron chi connectivity index (χ1n) is 3.76. The van der Waals surface area contributed by atoms with Gasteiger partial charge in [0.15, 0.2) is 0 Å². The minimum Gasteiger partial charge on any atom is -0.481 e. The van der Waals surface area contributed by atoms with E-state index in [1.807, 2.05) is 0 Å². The molecule has 0 spiro atoms. The van der Waals surface area contributed by atoms with Crippen LogP contribution < -0.4 is 0 Å². The number of halogens is 2. The van der Waals surface area contributed by atoms with E-state index in [-0.39, 0.29) is 0 Å². The largest absolute Gasteiger partial charge is 0.481 e. The minimum atomic E-state index is -1.46. The van der Waals surface area contributed by atoms with Crippen molar-refractivity contribution in [1.82, 2.24) is 0 Å². The van der Waals surface area contributed by atoms with Crippen LogP contribution in [0.25, 0.3) is 0 Å². The van der Waals surface area contributed by atoms with Gasteiger partial charge < -0.3 is 5.11 Å². The summed E-state index contributed by atoms with van der Waals surface area (Å²) >= 11 is 0. The van der Waals surface area contributed by atoms with E-state index < -0.39 is 40.2 Å². The molecule has 5 nitrogen and oxygen atoms in total. The van der Waals surface area contributed by atoms with Gasteiger partial charge in [0.2, 0.25) is 5.82 Å². The van der Waals surface area contributed by atoms with Gasteiger partial charge in [-0.25, -0.2) is 4.39 Å². The highest BCUT2D eigenvalue weighted by Crippen LogP contribution is 2.23. The molecule has 0 aliphatic carbocycles. The Morgan fingerprint density at radius 1 is 1.47 bits per heavy atom. The number of carbonyl (C=O) groups is 1. The molecular weight excluding hydrogens is 212 g/mol. The van der Waals surface area contributed by atoms with Gasteiger partial charge in [0.05, 0.1) is 11.3 Å². The van der Waals surface area contributed by atoms with E-state index >= 15 is 0 Å². The summed E-state index contributed by atoms with van der Waals surface area (Å²) in [6.45, 7) is 0. The first kappa shape index (κ1) is 11.0. The third-order valence-corrected chi connectivity index (χ3v) is 1.69. The lowest BCUT2D eigenvalue weighted by molar-refractivity contribution is -0.387. The number of nitrogens with zero attached hydrogens (tertiary/aromatic N) is 1. The van der Waals surface area contributed by atoms with Gasteiger partial charge in [-0.2, -0.15) is 4.39 Å². The van der Waals surface area contributed by atoms with E-state index in [0.717, 1.165) is 0 Å². The topological polar surface area (TPSA) is 80.4 Å². The number of nitro benzene ring substituents is 1. The zero-order chi connectivity index (χ0) is 11.6. The minimum absolute atomic E-state index is 0.649. The summed E-state index contributed by atoms with van der Waals surface area (Å²) in [5.74, 6) is -4.02. The van der Waals surface area contributed by atoms with Crippen molar-refractivity contribution in [3.8, 4) is 0 Å². The predicted molar refractivity (Wildman–Crippen MR) is 44.4 cm³/mol. The van der Waals surface area contributed by atoms with Crippen molar-refractivity contribution in [2.75, 3.05) is 0 Å². The number of carboxylic acid groups (broad SMARTS) is 1. The molecule has 0 bridgehead atoms. The summed E-state index contributed by atoms with van der Waals surface area (Å²) < 4.78 is 26.1. The van der Waals surface area contributed by atoms with Gasteiger partial charge in [-0.15, -0.1) is 0 Å². The van der Waals surface area contributed by atoms with Crippen LogP contribution in [-0.2, 0) is 11.2 Å². The van der Waals surface area contributed by atoms with Crippen molar-refractivity contribution in [3.63, 3.8) is 0 Å². The van der Waals surface area contributed by atoms with Crippen molar-refractivity contribution < 1.29 is 23.6 Å². The SMILES string of the molecule is O=C(O)Cc1c(F)ccc([N+](=O)[O-])c1F. The van der Waals surface area contributed by atoms with Crippen molar-refractivity contribution in [2.24, 2.45) is 0 Å². The van der Waals surface area contributed by atoms with Crippen LogP contribution in [0.15, 0.2) is 12.1 Å². The molecule has 0 fully saturated rings. The maximum atomic E-state index is 13.2. The molecule has 0 unspecified atom stereocenters. The number of nitro groups is 1. The summed E-state index contributed by atoms with van der Waals surface area (Å²) in [5, 5.41) is 18.6. The second-order valence-electron chi connectivity index (χ2n) is 2.69. The number of hydrogen-bond donors (Lipinski definition) is 1. The Kier molecular flexibility index (Phi) is 2.93. The molecule has 1 aromatic carbocycles. The molecule has 0 aromatic heterocycles. The second-order valence-corrected chi connectivity index (χ2v) is 2.69. The molecule has 0 amide bonds. The van der Waals surface area contributed by atoms with E-state index in [1.165, 1.54) is 0 Å². The van der Waals surface area contributed by atoms with Crippen LogP contribution in [0.3, 0.4) is 0 Å². The molecule has 0 heterocycles. The molecule has 1 aromatic rings. The van der Waals surface area contributed by atoms with E-state index in [0.29, 0.717) is 12.1 Å². The van der Waals surface area contributed by atoms with Gasteiger partial charge in [0, 0.05) is 11.6 Å². The Bertz CT molecular complexity index is 433. The zero-order valence-corrected chi connectivity index (χ0v) is 7.24. The van der Waals surface area contributed by atoms with Crippen LogP contribution in [0.5, 0.6) is 0 Å². The highest BCUT2D eigenvalue weighted by atomic mass is 19.1. The van der Waals surface area contributed by atoms with Gasteiger partial charge in [-0.05, 0) is 6.07 Å². The smallest absolute Gasteiger partial charge is 0.308 e. The van der Waals surface area contributed by atoms with Gasteiger partial charge >= 0.3 is 11.7 Å². The highest BCUT2D eigenvalue weighted by Gasteiger charge is 2.22. The van der Waals surface area contributed by atoms with Crippen molar-refractivity contribution in [1.29, 1.82) is 0 Å². The van der Waals surface area contributed by atoms with Crippen molar-refractivity contribution in [3.05, 3.63) is 39.4 Å². The Balaban J connectivity index is 3.29. The van der Waals surface area contributed by atoms with Gasteiger partial charge in [0.25, 0.3) is 0 Å². The number of rotatable bonds is 3. The van der Waals surface area contributed by atoms with Gasteiger partial charge in [0.1, 0.15) is 5.82 Å². The zero-order valence-electron chi connectivity index (χ0n) is 7.24. The number of carboxylic acids is 1. The fourth-order valence-corrected chi connectivity index (χ4v) is 1.04. The lowest BCUT2D eigenvalue weighted by Crippen LogP contribution is -2.07.